The lowest BCUT2D eigenvalue weighted by atomic mass is 10.2. The molecule has 0 aliphatic carbocycles. The van der Waals surface area contributed by atoms with E-state index in [1.165, 1.54) is 32.4 Å². The van der Waals surface area contributed by atoms with Crippen molar-refractivity contribution >= 4 is 5.78 Å². The van der Waals surface area contributed by atoms with E-state index in [4.69, 9.17) is 0 Å². The zero-order chi connectivity index (χ0) is 9.68. The molecule has 1 unspecified atom stereocenters. The first-order chi connectivity index (χ1) is 6.20. The lowest BCUT2D eigenvalue weighted by Crippen LogP contribution is -2.27. The third kappa shape index (κ3) is 3.90. The Labute approximate surface area is 81.3 Å². The van der Waals surface area contributed by atoms with Crippen molar-refractivity contribution in [1.82, 2.24) is 4.90 Å². The molecule has 0 aromatic carbocycles. The van der Waals surface area contributed by atoms with Crippen molar-refractivity contribution < 1.29 is 4.79 Å². The van der Waals surface area contributed by atoms with Crippen molar-refractivity contribution in [1.29, 1.82) is 0 Å². The SMILES string of the molecule is CC(=O)CCCCN1CCCC1C. The summed E-state index contributed by atoms with van der Waals surface area (Å²) in [6.07, 6.45) is 5.73. The molecule has 1 fully saturated rings. The summed E-state index contributed by atoms with van der Waals surface area (Å²) in [5, 5.41) is 0. The van der Waals surface area contributed by atoms with Gasteiger partial charge in [0.25, 0.3) is 0 Å². The fourth-order valence-electron chi connectivity index (χ4n) is 2.01. The molecule has 13 heavy (non-hydrogen) atoms. The fraction of sp³-hybridized carbons (Fsp3) is 0.909. The van der Waals surface area contributed by atoms with Crippen LogP contribution in [0.1, 0.15) is 46.0 Å². The predicted octanol–water partition coefficient (Wildman–Crippen LogP) is 2.23. The maximum atomic E-state index is 10.7. The van der Waals surface area contributed by atoms with E-state index in [0.29, 0.717) is 5.78 Å². The lowest BCUT2D eigenvalue weighted by Gasteiger charge is -2.20. The molecule has 1 atom stereocenters. The molecule has 0 saturated carbocycles. The summed E-state index contributed by atoms with van der Waals surface area (Å²) in [4.78, 5) is 13.2. The van der Waals surface area contributed by atoms with Crippen LogP contribution in [-0.2, 0) is 4.79 Å². The average molecular weight is 183 g/mol. The highest BCUT2D eigenvalue weighted by Crippen LogP contribution is 2.16. The van der Waals surface area contributed by atoms with Crippen molar-refractivity contribution in [3.05, 3.63) is 0 Å². The number of Topliss-reactive ketones (excluding diaryl/α,β-unsaturated/α-hetero) is 1. The van der Waals surface area contributed by atoms with Gasteiger partial charge in [0.2, 0.25) is 0 Å². The highest BCUT2D eigenvalue weighted by Gasteiger charge is 2.18. The minimum Gasteiger partial charge on any atom is -0.301 e. The predicted molar refractivity (Wildman–Crippen MR) is 54.8 cm³/mol. The topological polar surface area (TPSA) is 20.3 Å². The van der Waals surface area contributed by atoms with Gasteiger partial charge < -0.3 is 9.69 Å². The van der Waals surface area contributed by atoms with Crippen LogP contribution in [0.4, 0.5) is 0 Å². The summed E-state index contributed by atoms with van der Waals surface area (Å²) >= 11 is 0. The number of hydrogen-bond acceptors (Lipinski definition) is 2. The van der Waals surface area contributed by atoms with E-state index in [0.717, 1.165) is 18.9 Å². The first-order valence-corrected chi connectivity index (χ1v) is 5.43. The van der Waals surface area contributed by atoms with Crippen molar-refractivity contribution in [2.45, 2.75) is 52.0 Å². The minimum atomic E-state index is 0.328. The molecule has 1 rings (SSSR count). The first kappa shape index (κ1) is 10.7. The monoisotopic (exact) mass is 183 g/mol. The summed E-state index contributed by atoms with van der Waals surface area (Å²) in [5.74, 6) is 0.328. The third-order valence-electron chi connectivity index (χ3n) is 2.91. The van der Waals surface area contributed by atoms with Crippen molar-refractivity contribution in [2.24, 2.45) is 0 Å². The molecule has 2 nitrogen and oxygen atoms in total. The molecular weight excluding hydrogens is 162 g/mol. The molecule has 0 aromatic rings. The highest BCUT2D eigenvalue weighted by atomic mass is 16.1. The van der Waals surface area contributed by atoms with Crippen LogP contribution in [0.3, 0.4) is 0 Å². The van der Waals surface area contributed by atoms with Crippen molar-refractivity contribution in [3.8, 4) is 0 Å². The number of nitrogens with zero attached hydrogens (tertiary/aromatic N) is 1. The van der Waals surface area contributed by atoms with Gasteiger partial charge in [0.1, 0.15) is 5.78 Å². The number of unbranched alkanes of at least 4 members (excludes halogenated alkanes) is 1. The molecule has 1 aliphatic rings. The lowest BCUT2D eigenvalue weighted by molar-refractivity contribution is -0.117. The van der Waals surface area contributed by atoms with Crippen LogP contribution in [-0.4, -0.2) is 29.8 Å². The summed E-state index contributed by atoms with van der Waals surface area (Å²) in [6, 6.07) is 0.775. The number of ketones is 1. The zero-order valence-electron chi connectivity index (χ0n) is 8.88. The van der Waals surface area contributed by atoms with Crippen LogP contribution in [0.25, 0.3) is 0 Å². The third-order valence-corrected chi connectivity index (χ3v) is 2.91. The van der Waals surface area contributed by atoms with E-state index < -0.39 is 0 Å². The van der Waals surface area contributed by atoms with E-state index in [1.54, 1.807) is 6.92 Å². The van der Waals surface area contributed by atoms with Crippen LogP contribution < -0.4 is 0 Å². The first-order valence-electron chi connectivity index (χ1n) is 5.43. The highest BCUT2D eigenvalue weighted by molar-refractivity contribution is 5.75. The van der Waals surface area contributed by atoms with Crippen molar-refractivity contribution in [2.75, 3.05) is 13.1 Å². The number of carbonyl (C=O) groups is 1. The molecule has 2 heteroatoms. The molecule has 0 radical (unpaired) electrons. The van der Waals surface area contributed by atoms with Gasteiger partial charge in [0.15, 0.2) is 0 Å². The Bertz CT molecular complexity index is 167. The minimum absolute atomic E-state index is 0.328. The summed E-state index contributed by atoms with van der Waals surface area (Å²) < 4.78 is 0. The van der Waals surface area contributed by atoms with Crippen molar-refractivity contribution in [3.63, 3.8) is 0 Å². The number of likely N-dealkylation sites (tertiary alicyclic amines) is 1. The fourth-order valence-corrected chi connectivity index (χ4v) is 2.01. The summed E-state index contributed by atoms with van der Waals surface area (Å²) in [5.41, 5.74) is 0. The Morgan fingerprint density at radius 2 is 2.23 bits per heavy atom. The molecule has 0 spiro atoms. The van der Waals surface area contributed by atoms with Gasteiger partial charge in [0, 0.05) is 12.5 Å². The largest absolute Gasteiger partial charge is 0.301 e. The van der Waals surface area contributed by atoms with Gasteiger partial charge in [-0.05, 0) is 52.6 Å². The molecule has 1 heterocycles. The van der Waals surface area contributed by atoms with Crippen LogP contribution in [0.5, 0.6) is 0 Å². The zero-order valence-corrected chi connectivity index (χ0v) is 8.88. The van der Waals surface area contributed by atoms with Gasteiger partial charge >= 0.3 is 0 Å². The van der Waals surface area contributed by atoms with Crippen LogP contribution in [0, 0.1) is 0 Å². The Hall–Kier alpha value is -0.370. The molecule has 0 aromatic heterocycles. The second kappa shape index (κ2) is 5.38. The van der Waals surface area contributed by atoms with Gasteiger partial charge in [-0.15, -0.1) is 0 Å². The van der Waals surface area contributed by atoms with E-state index in [1.807, 2.05) is 0 Å². The molecule has 76 valence electrons. The number of rotatable bonds is 5. The molecule has 0 amide bonds. The molecule has 1 aliphatic heterocycles. The molecular formula is C11H21NO. The smallest absolute Gasteiger partial charge is 0.129 e. The van der Waals surface area contributed by atoms with Gasteiger partial charge in [0.05, 0.1) is 0 Å². The molecule has 0 bridgehead atoms. The van der Waals surface area contributed by atoms with E-state index in [9.17, 15) is 4.79 Å². The van der Waals surface area contributed by atoms with Crippen LogP contribution in [0.2, 0.25) is 0 Å². The van der Waals surface area contributed by atoms with E-state index in [2.05, 4.69) is 11.8 Å². The van der Waals surface area contributed by atoms with E-state index in [-0.39, 0.29) is 0 Å². The second-order valence-electron chi connectivity index (χ2n) is 4.19. The standard InChI is InChI=1S/C11H21NO/c1-10-6-5-9-12(10)8-4-3-7-11(2)13/h10H,3-9H2,1-2H3. The second-order valence-corrected chi connectivity index (χ2v) is 4.19. The molecule has 0 N–H and O–H groups in total. The maximum Gasteiger partial charge on any atom is 0.129 e. The Balaban J connectivity index is 2.02. The Morgan fingerprint density at radius 3 is 2.77 bits per heavy atom. The normalized spacial score (nSPS) is 23.7. The quantitative estimate of drug-likeness (QED) is 0.609. The molecule has 1 saturated heterocycles. The maximum absolute atomic E-state index is 10.7. The van der Waals surface area contributed by atoms with Gasteiger partial charge in [-0.25, -0.2) is 0 Å². The summed E-state index contributed by atoms with van der Waals surface area (Å²) in [7, 11) is 0. The Kier molecular flexibility index (Phi) is 4.43. The van der Waals surface area contributed by atoms with E-state index >= 15 is 0 Å². The van der Waals surface area contributed by atoms with Crippen LogP contribution in [0.15, 0.2) is 0 Å². The van der Waals surface area contributed by atoms with Gasteiger partial charge in [-0.1, -0.05) is 0 Å². The van der Waals surface area contributed by atoms with Crippen LogP contribution >= 0.6 is 0 Å². The van der Waals surface area contributed by atoms with Gasteiger partial charge in [-0.2, -0.15) is 0 Å². The number of carbonyl (C=O) groups excluding carboxylic acids is 1. The average Bonchev–Trinajstić information content (AvgIpc) is 2.45. The number of hydrogen-bond donors (Lipinski definition) is 0. The summed E-state index contributed by atoms with van der Waals surface area (Å²) in [6.45, 7) is 6.44. The van der Waals surface area contributed by atoms with Gasteiger partial charge in [-0.3, -0.25) is 0 Å². The Morgan fingerprint density at radius 1 is 1.46 bits per heavy atom.